The highest BCUT2D eigenvalue weighted by Crippen LogP contribution is 2.35. The highest BCUT2D eigenvalue weighted by atomic mass is 16.3. The van der Waals surface area contributed by atoms with Crippen LogP contribution in [0.25, 0.3) is 0 Å². The molecule has 0 spiro atoms. The van der Waals surface area contributed by atoms with E-state index in [-0.39, 0.29) is 23.6 Å². The molecule has 1 aliphatic rings. The lowest BCUT2D eigenvalue weighted by Gasteiger charge is -2.30. The predicted molar refractivity (Wildman–Crippen MR) is 88.9 cm³/mol. The van der Waals surface area contributed by atoms with Crippen molar-refractivity contribution in [2.75, 3.05) is 13.2 Å². The maximum absolute atomic E-state index is 12.2. The van der Waals surface area contributed by atoms with Crippen molar-refractivity contribution in [3.05, 3.63) is 35.4 Å². The van der Waals surface area contributed by atoms with Crippen LogP contribution >= 0.6 is 0 Å². The third-order valence-corrected chi connectivity index (χ3v) is 4.89. The third-order valence-electron chi connectivity index (χ3n) is 4.89. The van der Waals surface area contributed by atoms with Crippen LogP contribution in [0.3, 0.4) is 0 Å². The van der Waals surface area contributed by atoms with E-state index < -0.39 is 0 Å². The first-order valence-electron chi connectivity index (χ1n) is 8.13. The number of carbonyl (C=O) groups excluding carboxylic acids is 1. The van der Waals surface area contributed by atoms with Gasteiger partial charge in [0.15, 0.2) is 0 Å². The first-order chi connectivity index (χ1) is 10.4. The van der Waals surface area contributed by atoms with Crippen molar-refractivity contribution in [2.24, 2.45) is 5.41 Å². The summed E-state index contributed by atoms with van der Waals surface area (Å²) in [5, 5.41) is 15.1. The van der Waals surface area contributed by atoms with Gasteiger partial charge in [-0.05, 0) is 49.1 Å². The fourth-order valence-electron chi connectivity index (χ4n) is 3.20. The Bertz CT molecular complexity index is 505. The molecule has 0 aliphatic heterocycles. The molecule has 4 heteroatoms. The summed E-state index contributed by atoms with van der Waals surface area (Å²) in [5.41, 5.74) is 2.52. The Morgan fingerprint density at radius 3 is 2.41 bits per heavy atom. The second kappa shape index (κ2) is 6.69. The molecule has 1 aromatic rings. The van der Waals surface area contributed by atoms with Gasteiger partial charge < -0.3 is 15.7 Å². The molecule has 2 amide bonds. The Morgan fingerprint density at radius 1 is 1.32 bits per heavy atom. The van der Waals surface area contributed by atoms with Gasteiger partial charge in [0.05, 0.1) is 0 Å². The molecule has 0 saturated heterocycles. The molecule has 0 aromatic heterocycles. The third kappa shape index (κ3) is 4.01. The lowest BCUT2D eigenvalue weighted by Crippen LogP contribution is -2.52. The van der Waals surface area contributed by atoms with E-state index in [1.807, 2.05) is 13.8 Å². The molecule has 4 nitrogen and oxygen atoms in total. The molecule has 0 radical (unpaired) electrons. The topological polar surface area (TPSA) is 61.4 Å². The zero-order valence-electron chi connectivity index (χ0n) is 13.9. The molecule has 1 aromatic carbocycles. The molecule has 1 unspecified atom stereocenters. The first-order valence-corrected chi connectivity index (χ1v) is 8.13. The molecular weight excluding hydrogens is 276 g/mol. The number of carbonyl (C=O) groups is 1. The number of hydrogen-bond acceptors (Lipinski definition) is 2. The van der Waals surface area contributed by atoms with E-state index in [2.05, 4.69) is 41.8 Å². The number of benzene rings is 1. The number of aliphatic hydroxyl groups excluding tert-OH is 1. The van der Waals surface area contributed by atoms with Crippen molar-refractivity contribution in [1.29, 1.82) is 0 Å². The maximum Gasteiger partial charge on any atom is 0.315 e. The highest BCUT2D eigenvalue weighted by molar-refractivity contribution is 5.74. The van der Waals surface area contributed by atoms with Gasteiger partial charge in [0.25, 0.3) is 0 Å². The largest absolute Gasteiger partial charge is 0.396 e. The van der Waals surface area contributed by atoms with Gasteiger partial charge in [0, 0.05) is 18.7 Å². The standard InChI is InChI=1S/C18H28N2O2/c1-4-18(3,9-10-21)20-16(22)19-13-17(2)11-14-7-5-6-8-15(14)12-17/h5-8,21H,4,9-13H2,1-3H3,(H2,19,20,22). The van der Waals surface area contributed by atoms with Crippen molar-refractivity contribution in [3.63, 3.8) is 0 Å². The van der Waals surface area contributed by atoms with Crippen LogP contribution in [-0.4, -0.2) is 29.8 Å². The first kappa shape index (κ1) is 16.8. The number of fused-ring (bicyclic) bond motifs is 1. The van der Waals surface area contributed by atoms with Crippen molar-refractivity contribution in [2.45, 2.75) is 52.0 Å². The monoisotopic (exact) mass is 304 g/mol. The number of urea groups is 1. The molecule has 0 fully saturated rings. The second-order valence-corrected chi connectivity index (χ2v) is 7.13. The zero-order valence-corrected chi connectivity index (χ0v) is 13.9. The van der Waals surface area contributed by atoms with E-state index in [9.17, 15) is 4.79 Å². The molecule has 0 bridgehead atoms. The number of rotatable bonds is 6. The van der Waals surface area contributed by atoms with Gasteiger partial charge >= 0.3 is 6.03 Å². The van der Waals surface area contributed by atoms with E-state index in [0.717, 1.165) is 19.3 Å². The Hall–Kier alpha value is -1.55. The molecule has 122 valence electrons. The molecule has 0 heterocycles. The summed E-state index contributed by atoms with van der Waals surface area (Å²) < 4.78 is 0. The molecule has 2 rings (SSSR count). The Labute approximate surface area is 133 Å². The van der Waals surface area contributed by atoms with E-state index in [1.54, 1.807) is 0 Å². The van der Waals surface area contributed by atoms with Gasteiger partial charge in [-0.1, -0.05) is 38.1 Å². The summed E-state index contributed by atoms with van der Waals surface area (Å²) in [7, 11) is 0. The quantitative estimate of drug-likeness (QED) is 0.756. The SMILES string of the molecule is CCC(C)(CCO)NC(=O)NCC1(C)Cc2ccccc2C1. The van der Waals surface area contributed by atoms with Gasteiger partial charge in [-0.3, -0.25) is 0 Å². The smallest absolute Gasteiger partial charge is 0.315 e. The van der Waals surface area contributed by atoms with Crippen molar-refractivity contribution >= 4 is 6.03 Å². The van der Waals surface area contributed by atoms with Gasteiger partial charge in [0.2, 0.25) is 0 Å². The number of aliphatic hydroxyl groups is 1. The van der Waals surface area contributed by atoms with Gasteiger partial charge in [-0.25, -0.2) is 4.79 Å². The Kier molecular flexibility index (Phi) is 5.12. The van der Waals surface area contributed by atoms with Gasteiger partial charge in [-0.2, -0.15) is 0 Å². The van der Waals surface area contributed by atoms with Gasteiger partial charge in [0.1, 0.15) is 0 Å². The molecule has 1 aliphatic carbocycles. The minimum Gasteiger partial charge on any atom is -0.396 e. The van der Waals surface area contributed by atoms with E-state index >= 15 is 0 Å². The van der Waals surface area contributed by atoms with Crippen LogP contribution in [0, 0.1) is 5.41 Å². The van der Waals surface area contributed by atoms with Crippen LogP contribution in [0.4, 0.5) is 4.79 Å². The van der Waals surface area contributed by atoms with E-state index in [1.165, 1.54) is 11.1 Å². The summed E-state index contributed by atoms with van der Waals surface area (Å²) in [6.07, 6.45) is 3.37. The minimum atomic E-state index is -0.349. The number of amides is 2. The fraction of sp³-hybridized carbons (Fsp3) is 0.611. The highest BCUT2D eigenvalue weighted by Gasteiger charge is 2.33. The summed E-state index contributed by atoms with van der Waals surface area (Å²) in [5.74, 6) is 0. The van der Waals surface area contributed by atoms with Crippen LogP contribution in [-0.2, 0) is 12.8 Å². The van der Waals surface area contributed by atoms with Crippen molar-refractivity contribution < 1.29 is 9.90 Å². The van der Waals surface area contributed by atoms with E-state index in [0.29, 0.717) is 13.0 Å². The summed E-state index contributed by atoms with van der Waals surface area (Å²) in [4.78, 5) is 12.2. The maximum atomic E-state index is 12.2. The van der Waals surface area contributed by atoms with Crippen LogP contribution < -0.4 is 10.6 Å². The molecule has 22 heavy (non-hydrogen) atoms. The fourth-order valence-corrected chi connectivity index (χ4v) is 3.20. The number of nitrogens with one attached hydrogen (secondary N) is 2. The molecule has 3 N–H and O–H groups in total. The summed E-state index contributed by atoms with van der Waals surface area (Å²) in [6.45, 7) is 6.95. The van der Waals surface area contributed by atoms with Gasteiger partial charge in [-0.15, -0.1) is 0 Å². The molecular formula is C18H28N2O2. The summed E-state index contributed by atoms with van der Waals surface area (Å²) in [6, 6.07) is 8.36. The Morgan fingerprint density at radius 2 is 1.91 bits per heavy atom. The minimum absolute atomic E-state index is 0.0810. The average molecular weight is 304 g/mol. The van der Waals surface area contributed by atoms with E-state index in [4.69, 9.17) is 5.11 Å². The molecule has 0 saturated carbocycles. The lowest BCUT2D eigenvalue weighted by molar-refractivity contribution is 0.196. The number of hydrogen-bond donors (Lipinski definition) is 3. The molecule has 1 atom stereocenters. The van der Waals surface area contributed by atoms with Crippen molar-refractivity contribution in [1.82, 2.24) is 10.6 Å². The van der Waals surface area contributed by atoms with Crippen LogP contribution in [0.5, 0.6) is 0 Å². The predicted octanol–water partition coefficient (Wildman–Crippen LogP) is 2.64. The zero-order chi connectivity index (χ0) is 16.2. The Balaban J connectivity index is 1.87. The van der Waals surface area contributed by atoms with Crippen LogP contribution in [0.15, 0.2) is 24.3 Å². The lowest BCUT2D eigenvalue weighted by atomic mass is 9.87. The van der Waals surface area contributed by atoms with Crippen LogP contribution in [0.2, 0.25) is 0 Å². The average Bonchev–Trinajstić information content (AvgIpc) is 2.82. The summed E-state index contributed by atoms with van der Waals surface area (Å²) >= 11 is 0. The second-order valence-electron chi connectivity index (χ2n) is 7.13. The van der Waals surface area contributed by atoms with Crippen LogP contribution in [0.1, 0.15) is 44.7 Å². The van der Waals surface area contributed by atoms with Crippen molar-refractivity contribution in [3.8, 4) is 0 Å². The normalized spacial score (nSPS) is 18.4.